The Morgan fingerprint density at radius 1 is 0.366 bits per heavy atom. The molecule has 11 aromatic rings. The predicted octanol–water partition coefficient (Wildman–Crippen LogP) is 29.2. The Morgan fingerprint density at radius 2 is 0.610 bits per heavy atom. The third-order valence-electron chi connectivity index (χ3n) is 20.7. The van der Waals surface area contributed by atoms with Gasteiger partial charge in [0.05, 0.1) is 43.9 Å². The van der Waals surface area contributed by atoms with Crippen LogP contribution in [0.15, 0.2) is 342 Å². The van der Waals surface area contributed by atoms with Crippen molar-refractivity contribution in [2.75, 3.05) is 11.5 Å². The molecule has 1 aliphatic heterocycles. The lowest BCUT2D eigenvalue weighted by Gasteiger charge is -2.22. The number of imide groups is 1. The molecule has 7 unspecified atom stereocenters. The van der Waals surface area contributed by atoms with Crippen molar-refractivity contribution in [3.05, 3.63) is 326 Å². The smallest absolute Gasteiger partial charge is 0.237 e. The zero-order valence-corrected chi connectivity index (χ0v) is 71.6. The third kappa shape index (κ3) is 37.8. The average molecular weight is 1760 g/mol. The van der Waals surface area contributed by atoms with E-state index in [9.17, 15) is 35.5 Å². The summed E-state index contributed by atoms with van der Waals surface area (Å²) in [6.45, 7) is 23.4. The van der Waals surface area contributed by atoms with Crippen LogP contribution in [0.2, 0.25) is 0 Å². The number of ether oxygens (including phenoxy) is 2. The summed E-state index contributed by atoms with van der Waals surface area (Å²) in [6.07, 6.45) is 12.5. The maximum absolute atomic E-state index is 11.9. The Morgan fingerprint density at radius 3 is 0.862 bits per heavy atom. The van der Waals surface area contributed by atoms with E-state index in [4.69, 9.17) is 19.7 Å². The number of aromatic hydroxyl groups is 2. The molecule has 1 saturated heterocycles. The van der Waals surface area contributed by atoms with Crippen LogP contribution in [0, 0.1) is 17.8 Å². The number of hydrogen-bond acceptors (Lipinski definition) is 12. The normalized spacial score (nSPS) is 14.3. The first-order valence-electron chi connectivity index (χ1n) is 40.0. The molecule has 123 heavy (non-hydrogen) atoms. The second-order valence-electron chi connectivity index (χ2n) is 28.9. The second-order valence-corrected chi connectivity index (χ2v) is 35.7. The van der Waals surface area contributed by atoms with Crippen molar-refractivity contribution in [2.24, 2.45) is 17.8 Å². The van der Waals surface area contributed by atoms with E-state index < -0.39 is 37.0 Å². The molecule has 1 heterocycles. The molecule has 0 radical (unpaired) electrons. The predicted molar refractivity (Wildman–Crippen MR) is 521 cm³/mol. The Bertz CT molecular complexity index is 4420. The highest BCUT2D eigenvalue weighted by atomic mass is 32.2. The van der Waals surface area contributed by atoms with Crippen LogP contribution < -0.4 is 9.64 Å². The highest BCUT2D eigenvalue weighted by Gasteiger charge is 2.43. The molecule has 2 aliphatic rings. The summed E-state index contributed by atoms with van der Waals surface area (Å²) in [5.74, 6) is 3.18. The summed E-state index contributed by atoms with van der Waals surface area (Å²) >= 11 is 0. The van der Waals surface area contributed by atoms with E-state index >= 15 is 0 Å². The van der Waals surface area contributed by atoms with Crippen LogP contribution in [0.4, 0.5) is 5.69 Å². The average Bonchev–Trinajstić information content (AvgIpc) is 1.65. The van der Waals surface area contributed by atoms with Crippen LogP contribution in [0.5, 0.6) is 17.2 Å². The molecule has 2 N–H and O–H groups in total. The number of amides is 2. The van der Waals surface area contributed by atoms with Gasteiger partial charge in [0, 0.05) is 11.8 Å². The number of phenols is 2. The maximum atomic E-state index is 11.9. The molecule has 0 bridgehead atoms. The van der Waals surface area contributed by atoms with Gasteiger partial charge in [-0.3, -0.25) is 14.5 Å². The van der Waals surface area contributed by atoms with Crippen molar-refractivity contribution in [3.63, 3.8) is 0 Å². The van der Waals surface area contributed by atoms with E-state index in [-0.39, 0.29) is 110 Å². The SMILES string of the molecule is C.C.C.C.C.C.C.C.CC1C(=O)N(c2ccc(S(=O)(=O)[O-])cc2)C(=O)C1C.CCC(C)c1ccc(O)cc1.CCC(C)c1ccc(O)cc1.CCC(C)c1ccc(OC(C)OCCC2CCCCC2)cc1.CCC(C)c1ccc(S(=O)(=O)[O-])cc1.c1ccc([S+](c2ccccc2)c2ccccc2)cc1.c1ccc([S+](c2ccccc2)c2ccccc2)cc1. The zero-order chi connectivity index (χ0) is 83.3. The van der Waals surface area contributed by atoms with Gasteiger partial charge in [-0.1, -0.05) is 318 Å². The van der Waals surface area contributed by atoms with Crippen molar-refractivity contribution in [1.82, 2.24) is 0 Å². The largest absolute Gasteiger partial charge is 0.744 e. The second kappa shape index (κ2) is 60.1. The van der Waals surface area contributed by atoms with E-state index in [0.29, 0.717) is 35.2 Å². The summed E-state index contributed by atoms with van der Waals surface area (Å²) < 4.78 is 75.9. The van der Waals surface area contributed by atoms with Crippen LogP contribution >= 0.6 is 0 Å². The lowest BCUT2D eigenvalue weighted by atomic mass is 9.87. The minimum absolute atomic E-state index is 0. The monoisotopic (exact) mass is 1750 g/mol. The molecular weight excluding hydrogens is 1610 g/mol. The van der Waals surface area contributed by atoms with Crippen molar-refractivity contribution in [3.8, 4) is 17.2 Å². The van der Waals surface area contributed by atoms with Gasteiger partial charge >= 0.3 is 0 Å². The van der Waals surface area contributed by atoms with E-state index in [1.165, 1.54) is 115 Å². The van der Waals surface area contributed by atoms with Gasteiger partial charge in [0.25, 0.3) is 0 Å². The fourth-order valence-electron chi connectivity index (χ4n) is 12.6. The molecule has 1 saturated carbocycles. The number of rotatable bonds is 23. The van der Waals surface area contributed by atoms with Crippen LogP contribution in [0.1, 0.15) is 246 Å². The molecule has 17 heteroatoms. The number of hydrogen-bond donors (Lipinski definition) is 2. The number of nitrogens with zero attached hydrogens (tertiary/aromatic N) is 1. The van der Waals surface area contributed by atoms with Crippen LogP contribution in [-0.4, -0.2) is 60.9 Å². The first-order chi connectivity index (χ1) is 55.2. The molecule has 2 fully saturated rings. The third-order valence-corrected chi connectivity index (χ3v) is 26.9. The molecule has 11 aromatic carbocycles. The summed E-state index contributed by atoms with van der Waals surface area (Å²) in [5.41, 5.74) is 5.30. The van der Waals surface area contributed by atoms with Gasteiger partial charge in [0.1, 0.15) is 37.5 Å². The van der Waals surface area contributed by atoms with Gasteiger partial charge in [-0.25, -0.2) is 16.8 Å². The van der Waals surface area contributed by atoms with Gasteiger partial charge in [0.2, 0.25) is 11.8 Å². The Kier molecular flexibility index (Phi) is 56.4. The van der Waals surface area contributed by atoms with Crippen molar-refractivity contribution in [2.45, 2.75) is 269 Å². The first-order valence-corrected chi connectivity index (χ1v) is 45.3. The fourth-order valence-corrected chi connectivity index (χ4v) is 17.8. The van der Waals surface area contributed by atoms with Crippen LogP contribution in [-0.2, 0) is 56.4 Å². The molecule has 0 aromatic heterocycles. The van der Waals surface area contributed by atoms with E-state index in [1.807, 2.05) is 31.2 Å². The molecule has 2 amide bonds. The zero-order valence-electron chi connectivity index (χ0n) is 68.3. The topological polar surface area (TPSA) is 211 Å². The van der Waals surface area contributed by atoms with Crippen molar-refractivity contribution < 1.29 is 55.2 Å². The maximum Gasteiger partial charge on any atom is 0.237 e. The molecule has 0 spiro atoms. The quantitative estimate of drug-likeness (QED) is 0.0265. The standard InChI is InChI=1S/C20H32O2.2C18H15S.C12H13NO5S.C10H14O3S.2C10H14O.8CH4/c1-4-16(2)19-10-12-20(13-11-19)22-17(3)21-15-14-18-8-6-5-7-9-18;2*1-4-10-16(11-5-1)19(17-12-6-2-7-13-17)18-14-8-3-9-15-18;1-7-8(2)12(15)13(11(7)14)9-3-5-10(6-4-9)19(16,17)18;1-3-8(2)9-4-6-10(7-5-9)14(11,12)13;2*1-3-8(2)9-4-6-10(11)7-5-9;;;;;;;;/h10-13,16-18H,4-9,14-15H2,1-3H3;2*1-15H;3-8H,1-2H3,(H,16,17,18);4-8H,3H2,1-2H3,(H,11,12,13);2*4-8,11H,3H2,1-2H3;8*1H4/q;2*+1;;;;;;;;;;;;/p-2. The first kappa shape index (κ1) is 115. The van der Waals surface area contributed by atoms with Gasteiger partial charge in [0.15, 0.2) is 35.7 Å². The Labute approximate surface area is 750 Å². The fraction of sp³-hybridized carbons (Fsp3) is 0.358. The molecule has 7 atom stereocenters. The molecular formula is C106H147NO12S4. The summed E-state index contributed by atoms with van der Waals surface area (Å²) in [7, 11) is -8.86. The molecule has 13 rings (SSSR count). The Hall–Kier alpha value is -9.56. The van der Waals surface area contributed by atoms with Crippen LogP contribution in [0.25, 0.3) is 0 Å². The molecule has 672 valence electrons. The minimum atomic E-state index is -4.53. The number of anilines is 1. The summed E-state index contributed by atoms with van der Waals surface area (Å²) in [6, 6.07) is 98.5. The highest BCUT2D eigenvalue weighted by Crippen LogP contribution is 2.35. The number of benzene rings is 11. The van der Waals surface area contributed by atoms with Crippen LogP contribution in [0.3, 0.4) is 0 Å². The lowest BCUT2D eigenvalue weighted by Crippen LogP contribution is -2.30. The van der Waals surface area contributed by atoms with Gasteiger partial charge < -0.3 is 28.8 Å². The minimum Gasteiger partial charge on any atom is -0.744 e. The Balaban J connectivity index is 0. The van der Waals surface area contributed by atoms with Gasteiger partial charge in [-0.2, -0.15) is 0 Å². The molecule has 13 nitrogen and oxygen atoms in total. The van der Waals surface area contributed by atoms with Gasteiger partial charge in [-0.15, -0.1) is 0 Å². The molecule has 1 aliphatic carbocycles. The lowest BCUT2D eigenvalue weighted by molar-refractivity contribution is -0.122. The number of carbonyl (C=O) groups is 2. The van der Waals surface area contributed by atoms with Crippen molar-refractivity contribution >= 4 is 59.5 Å². The highest BCUT2D eigenvalue weighted by molar-refractivity contribution is 7.97. The van der Waals surface area contributed by atoms with Crippen molar-refractivity contribution in [1.29, 1.82) is 0 Å². The summed E-state index contributed by atoms with van der Waals surface area (Å²) in [5, 5.41) is 18.0. The number of carbonyl (C=O) groups excluding carboxylic acids is 2. The van der Waals surface area contributed by atoms with E-state index in [0.717, 1.165) is 60.1 Å². The summed E-state index contributed by atoms with van der Waals surface area (Å²) in [4.78, 5) is 32.5. The van der Waals surface area contributed by atoms with E-state index in [1.54, 1.807) is 50.2 Å². The van der Waals surface area contributed by atoms with E-state index in [2.05, 4.69) is 262 Å². The number of phenolic OH excluding ortho intramolecular Hbond substituents is 2. The van der Waals surface area contributed by atoms with Gasteiger partial charge in [-0.05, 0) is 236 Å².